The van der Waals surface area contributed by atoms with E-state index in [-0.39, 0.29) is 17.7 Å². The molecule has 0 unspecified atom stereocenters. The Morgan fingerprint density at radius 2 is 1.93 bits per heavy atom. The summed E-state index contributed by atoms with van der Waals surface area (Å²) < 4.78 is 7.52. The molecule has 5 rings (SSSR count). The SMILES string of the molecule is N[C@@H]1CCCN(c2ccccc2NC(=O)c2ccc(-n3ncc4ccccc43)o2)C1. The van der Waals surface area contributed by atoms with Gasteiger partial charge in [-0.05, 0) is 37.1 Å². The molecule has 0 spiro atoms. The van der Waals surface area contributed by atoms with Gasteiger partial charge < -0.3 is 20.4 Å². The van der Waals surface area contributed by atoms with Gasteiger partial charge in [-0.25, -0.2) is 4.68 Å². The average molecular weight is 401 g/mol. The summed E-state index contributed by atoms with van der Waals surface area (Å²) in [5.41, 5.74) is 8.79. The largest absolute Gasteiger partial charge is 0.433 e. The lowest BCUT2D eigenvalue weighted by atomic mass is 10.1. The number of aromatic nitrogens is 2. The second-order valence-corrected chi connectivity index (χ2v) is 7.57. The fraction of sp³-hybridized carbons (Fsp3) is 0.217. The van der Waals surface area contributed by atoms with Gasteiger partial charge >= 0.3 is 0 Å². The van der Waals surface area contributed by atoms with Crippen LogP contribution in [0.3, 0.4) is 0 Å². The van der Waals surface area contributed by atoms with Crippen LogP contribution in [-0.2, 0) is 0 Å². The zero-order valence-electron chi connectivity index (χ0n) is 16.5. The maximum atomic E-state index is 12.9. The number of para-hydroxylation sites is 3. The Bertz CT molecular complexity index is 1200. The summed E-state index contributed by atoms with van der Waals surface area (Å²) in [5, 5.41) is 8.38. The van der Waals surface area contributed by atoms with Crippen molar-refractivity contribution in [2.75, 3.05) is 23.3 Å². The molecule has 3 heterocycles. The van der Waals surface area contributed by atoms with E-state index in [9.17, 15) is 4.79 Å². The topological polar surface area (TPSA) is 89.3 Å². The van der Waals surface area contributed by atoms with Crippen molar-refractivity contribution in [1.29, 1.82) is 0 Å². The fourth-order valence-corrected chi connectivity index (χ4v) is 3.98. The number of furan rings is 1. The number of nitrogens with zero attached hydrogens (tertiary/aromatic N) is 3. The third-order valence-corrected chi connectivity index (χ3v) is 5.45. The summed E-state index contributed by atoms with van der Waals surface area (Å²) in [6, 6.07) is 19.2. The third kappa shape index (κ3) is 3.44. The predicted octanol–water partition coefficient (Wildman–Crippen LogP) is 3.80. The highest BCUT2D eigenvalue weighted by Crippen LogP contribution is 2.29. The van der Waals surface area contributed by atoms with Gasteiger partial charge in [-0.1, -0.05) is 30.3 Å². The number of rotatable bonds is 4. The van der Waals surface area contributed by atoms with Crippen molar-refractivity contribution in [2.45, 2.75) is 18.9 Å². The number of amides is 1. The first-order valence-corrected chi connectivity index (χ1v) is 10.1. The van der Waals surface area contributed by atoms with E-state index < -0.39 is 0 Å². The molecule has 1 saturated heterocycles. The number of nitrogens with one attached hydrogen (secondary N) is 1. The third-order valence-electron chi connectivity index (χ3n) is 5.45. The minimum atomic E-state index is -0.300. The molecular formula is C23H23N5O2. The molecule has 2 aromatic carbocycles. The normalized spacial score (nSPS) is 16.7. The van der Waals surface area contributed by atoms with Crippen LogP contribution >= 0.6 is 0 Å². The van der Waals surface area contributed by atoms with Crippen LogP contribution < -0.4 is 16.0 Å². The molecule has 30 heavy (non-hydrogen) atoms. The zero-order valence-corrected chi connectivity index (χ0v) is 16.5. The van der Waals surface area contributed by atoms with Crippen LogP contribution in [0, 0.1) is 0 Å². The van der Waals surface area contributed by atoms with Gasteiger partial charge in [0.2, 0.25) is 5.88 Å². The van der Waals surface area contributed by atoms with Crippen LogP contribution in [0.25, 0.3) is 16.8 Å². The Hall–Kier alpha value is -3.58. The molecule has 152 valence electrons. The van der Waals surface area contributed by atoms with E-state index in [0.29, 0.717) is 5.88 Å². The summed E-state index contributed by atoms with van der Waals surface area (Å²) in [5.74, 6) is 0.429. The number of piperidine rings is 1. The highest BCUT2D eigenvalue weighted by molar-refractivity contribution is 6.04. The predicted molar refractivity (Wildman–Crippen MR) is 117 cm³/mol. The number of anilines is 2. The molecule has 4 aromatic rings. The lowest BCUT2D eigenvalue weighted by Crippen LogP contribution is -2.43. The van der Waals surface area contributed by atoms with E-state index in [2.05, 4.69) is 15.3 Å². The molecule has 0 saturated carbocycles. The highest BCUT2D eigenvalue weighted by Gasteiger charge is 2.21. The standard InChI is InChI=1S/C23H23N5O2/c24-17-7-5-13-27(15-17)20-10-4-2-8-18(20)26-23(29)21-11-12-22(30-21)28-19-9-3-1-6-16(19)14-25-28/h1-4,6,8-12,14,17H,5,7,13,15,24H2,(H,26,29)/t17-/m1/s1. The minimum Gasteiger partial charge on any atom is -0.433 e. The lowest BCUT2D eigenvalue weighted by Gasteiger charge is -2.33. The van der Waals surface area contributed by atoms with E-state index in [4.69, 9.17) is 10.2 Å². The molecule has 1 fully saturated rings. The second kappa shape index (κ2) is 7.68. The Morgan fingerprint density at radius 3 is 2.83 bits per heavy atom. The van der Waals surface area contributed by atoms with Crippen molar-refractivity contribution in [2.24, 2.45) is 5.73 Å². The van der Waals surface area contributed by atoms with Crippen LogP contribution in [0.2, 0.25) is 0 Å². The molecule has 7 nitrogen and oxygen atoms in total. The van der Waals surface area contributed by atoms with Gasteiger partial charge in [0.25, 0.3) is 5.91 Å². The van der Waals surface area contributed by atoms with Crippen LogP contribution in [0.1, 0.15) is 23.4 Å². The van der Waals surface area contributed by atoms with E-state index in [1.807, 2.05) is 48.5 Å². The Kier molecular flexibility index (Phi) is 4.72. The molecule has 1 aliphatic heterocycles. The molecule has 1 atom stereocenters. The number of nitrogens with two attached hydrogens (primary N) is 1. The van der Waals surface area contributed by atoms with E-state index in [0.717, 1.165) is 48.2 Å². The Morgan fingerprint density at radius 1 is 1.10 bits per heavy atom. The maximum absolute atomic E-state index is 12.9. The number of benzene rings is 2. The van der Waals surface area contributed by atoms with E-state index >= 15 is 0 Å². The summed E-state index contributed by atoms with van der Waals surface area (Å²) >= 11 is 0. The monoisotopic (exact) mass is 401 g/mol. The molecule has 3 N–H and O–H groups in total. The fourth-order valence-electron chi connectivity index (χ4n) is 3.98. The zero-order chi connectivity index (χ0) is 20.5. The second-order valence-electron chi connectivity index (χ2n) is 7.57. The number of hydrogen-bond donors (Lipinski definition) is 2. The molecule has 0 bridgehead atoms. The summed E-state index contributed by atoms with van der Waals surface area (Å²) in [6.45, 7) is 1.71. The van der Waals surface area contributed by atoms with Crippen LogP contribution in [0.5, 0.6) is 0 Å². The first-order chi connectivity index (χ1) is 14.7. The van der Waals surface area contributed by atoms with Gasteiger partial charge in [0.15, 0.2) is 5.76 Å². The van der Waals surface area contributed by atoms with Gasteiger partial charge in [-0.3, -0.25) is 4.79 Å². The van der Waals surface area contributed by atoms with E-state index in [1.165, 1.54) is 0 Å². The molecule has 1 aliphatic rings. The van der Waals surface area contributed by atoms with Crippen LogP contribution in [0.4, 0.5) is 11.4 Å². The van der Waals surface area contributed by atoms with Gasteiger partial charge in [-0.2, -0.15) is 5.10 Å². The number of hydrogen-bond acceptors (Lipinski definition) is 5. The van der Waals surface area contributed by atoms with Crippen molar-refractivity contribution in [3.63, 3.8) is 0 Å². The van der Waals surface area contributed by atoms with Gasteiger partial charge in [-0.15, -0.1) is 0 Å². The lowest BCUT2D eigenvalue weighted by molar-refractivity contribution is 0.0996. The average Bonchev–Trinajstić information content (AvgIpc) is 3.41. The maximum Gasteiger partial charge on any atom is 0.291 e. The van der Waals surface area contributed by atoms with Crippen molar-refractivity contribution in [1.82, 2.24) is 9.78 Å². The van der Waals surface area contributed by atoms with Crippen molar-refractivity contribution in [3.05, 3.63) is 72.6 Å². The number of carbonyl (C=O) groups excluding carboxylic acids is 1. The molecule has 0 radical (unpaired) electrons. The molecule has 2 aromatic heterocycles. The summed E-state index contributed by atoms with van der Waals surface area (Å²) in [4.78, 5) is 15.1. The highest BCUT2D eigenvalue weighted by atomic mass is 16.4. The summed E-state index contributed by atoms with van der Waals surface area (Å²) in [7, 11) is 0. The van der Waals surface area contributed by atoms with Crippen molar-refractivity contribution < 1.29 is 9.21 Å². The first-order valence-electron chi connectivity index (χ1n) is 10.1. The summed E-state index contributed by atoms with van der Waals surface area (Å²) in [6.07, 6.45) is 3.85. The number of carbonyl (C=O) groups is 1. The quantitative estimate of drug-likeness (QED) is 0.543. The van der Waals surface area contributed by atoms with Gasteiger partial charge in [0, 0.05) is 30.6 Å². The molecular weight excluding hydrogens is 378 g/mol. The van der Waals surface area contributed by atoms with Gasteiger partial charge in [0.05, 0.1) is 23.1 Å². The number of fused-ring (bicyclic) bond motifs is 1. The van der Waals surface area contributed by atoms with Crippen LogP contribution in [0.15, 0.2) is 71.3 Å². The van der Waals surface area contributed by atoms with Crippen molar-refractivity contribution >= 4 is 28.2 Å². The molecule has 0 aliphatic carbocycles. The van der Waals surface area contributed by atoms with Gasteiger partial charge in [0.1, 0.15) is 0 Å². The Balaban J connectivity index is 1.38. The molecule has 7 heteroatoms. The Labute approximate surface area is 174 Å². The van der Waals surface area contributed by atoms with Crippen molar-refractivity contribution in [3.8, 4) is 5.88 Å². The van der Waals surface area contributed by atoms with Crippen LogP contribution in [-0.4, -0.2) is 34.8 Å². The molecule has 1 amide bonds. The smallest absolute Gasteiger partial charge is 0.291 e. The first kappa shape index (κ1) is 18.4. The minimum absolute atomic E-state index is 0.152. The van der Waals surface area contributed by atoms with E-state index in [1.54, 1.807) is 23.0 Å².